The number of aromatic nitrogens is 2. The lowest BCUT2D eigenvalue weighted by molar-refractivity contribution is 0.669. The van der Waals surface area contributed by atoms with Gasteiger partial charge in [-0.25, -0.2) is 9.97 Å². The van der Waals surface area contributed by atoms with Gasteiger partial charge in [0.1, 0.15) is 11.2 Å². The fourth-order valence-corrected chi connectivity index (χ4v) is 6.69. The van der Waals surface area contributed by atoms with Crippen LogP contribution >= 0.6 is 0 Å². The SMILES string of the molecule is c1ccc(-c2cccc(-c3nc(-c4ccccc4)cc(-c4cc(-c5ccccc5)cc(-c5cccc6oc7ccccc7c56)c4)n3)c2)cc1. The Morgan fingerprint density at radius 3 is 1.59 bits per heavy atom. The van der Waals surface area contributed by atoms with Gasteiger partial charge in [-0.2, -0.15) is 0 Å². The highest BCUT2D eigenvalue weighted by Gasteiger charge is 2.17. The number of benzene rings is 7. The van der Waals surface area contributed by atoms with Crippen molar-refractivity contribution in [3.05, 3.63) is 182 Å². The monoisotopic (exact) mass is 626 g/mol. The minimum atomic E-state index is 0.684. The standard InChI is InChI=1S/C46H30N2O/c1-4-14-31(15-5-1)34-20-12-21-35(26-34)46-47-41(33-18-8-3-9-19-33)30-42(48-46)38-28-36(32-16-6-2-7-17-32)27-37(29-38)39-23-13-25-44-45(39)40-22-10-11-24-43(40)49-44/h1-30H. The highest BCUT2D eigenvalue weighted by Crippen LogP contribution is 2.40. The van der Waals surface area contributed by atoms with Crippen molar-refractivity contribution in [2.45, 2.75) is 0 Å². The molecule has 2 aromatic heterocycles. The number of hydrogen-bond donors (Lipinski definition) is 0. The van der Waals surface area contributed by atoms with E-state index in [-0.39, 0.29) is 0 Å². The molecule has 0 amide bonds. The molecule has 9 rings (SSSR count). The van der Waals surface area contributed by atoms with E-state index < -0.39 is 0 Å². The third kappa shape index (κ3) is 5.48. The Labute approximate surface area is 284 Å². The molecule has 230 valence electrons. The van der Waals surface area contributed by atoms with Gasteiger partial charge in [0.25, 0.3) is 0 Å². The summed E-state index contributed by atoms with van der Waals surface area (Å²) in [7, 11) is 0. The van der Waals surface area contributed by atoms with Crippen LogP contribution in [0.3, 0.4) is 0 Å². The molecule has 9 aromatic rings. The second kappa shape index (κ2) is 12.2. The van der Waals surface area contributed by atoms with Crippen LogP contribution in [0.15, 0.2) is 186 Å². The van der Waals surface area contributed by atoms with Gasteiger partial charge in [-0.1, -0.05) is 140 Å². The molecular weight excluding hydrogens is 597 g/mol. The molecule has 0 aliphatic carbocycles. The minimum Gasteiger partial charge on any atom is -0.456 e. The highest BCUT2D eigenvalue weighted by molar-refractivity contribution is 6.12. The van der Waals surface area contributed by atoms with Gasteiger partial charge in [0.15, 0.2) is 5.82 Å². The average molecular weight is 627 g/mol. The molecule has 0 saturated carbocycles. The summed E-state index contributed by atoms with van der Waals surface area (Å²) in [5.41, 5.74) is 13.3. The first-order valence-corrected chi connectivity index (χ1v) is 16.5. The van der Waals surface area contributed by atoms with E-state index in [2.05, 4.69) is 152 Å². The van der Waals surface area contributed by atoms with E-state index >= 15 is 0 Å². The Morgan fingerprint density at radius 2 is 0.837 bits per heavy atom. The maximum Gasteiger partial charge on any atom is 0.160 e. The van der Waals surface area contributed by atoms with Gasteiger partial charge in [-0.3, -0.25) is 0 Å². The van der Waals surface area contributed by atoms with E-state index in [0.29, 0.717) is 5.82 Å². The molecule has 2 heterocycles. The lowest BCUT2D eigenvalue weighted by atomic mass is 9.92. The molecule has 0 fully saturated rings. The molecule has 0 atom stereocenters. The zero-order valence-corrected chi connectivity index (χ0v) is 26.6. The molecule has 0 unspecified atom stereocenters. The van der Waals surface area contributed by atoms with E-state index in [1.807, 2.05) is 30.3 Å². The fraction of sp³-hybridized carbons (Fsp3) is 0. The molecule has 0 aliphatic heterocycles. The van der Waals surface area contributed by atoms with Gasteiger partial charge in [-0.15, -0.1) is 0 Å². The third-order valence-corrected chi connectivity index (χ3v) is 9.07. The second-order valence-electron chi connectivity index (χ2n) is 12.2. The molecule has 49 heavy (non-hydrogen) atoms. The van der Waals surface area contributed by atoms with Crippen molar-refractivity contribution in [2.24, 2.45) is 0 Å². The van der Waals surface area contributed by atoms with E-state index in [1.165, 1.54) is 0 Å². The first kappa shape index (κ1) is 28.6. The normalized spacial score (nSPS) is 11.3. The van der Waals surface area contributed by atoms with Gasteiger partial charge in [0.2, 0.25) is 0 Å². The Hall–Kier alpha value is -6.58. The summed E-state index contributed by atoms with van der Waals surface area (Å²) < 4.78 is 6.29. The largest absolute Gasteiger partial charge is 0.456 e. The zero-order chi connectivity index (χ0) is 32.6. The summed E-state index contributed by atoms with van der Waals surface area (Å²) in [4.78, 5) is 10.4. The smallest absolute Gasteiger partial charge is 0.160 e. The second-order valence-corrected chi connectivity index (χ2v) is 12.2. The molecule has 0 spiro atoms. The van der Waals surface area contributed by atoms with Crippen LogP contribution in [-0.4, -0.2) is 9.97 Å². The molecular formula is C46H30N2O. The van der Waals surface area contributed by atoms with Crippen LogP contribution in [0.25, 0.3) is 89.2 Å². The van der Waals surface area contributed by atoms with Crippen molar-refractivity contribution >= 4 is 21.9 Å². The number of hydrogen-bond acceptors (Lipinski definition) is 3. The molecule has 0 saturated heterocycles. The van der Waals surface area contributed by atoms with Crippen LogP contribution in [-0.2, 0) is 0 Å². The number of para-hydroxylation sites is 1. The third-order valence-electron chi connectivity index (χ3n) is 9.07. The Balaban J connectivity index is 1.28. The van der Waals surface area contributed by atoms with Crippen LogP contribution in [0.1, 0.15) is 0 Å². The Bertz CT molecular complexity index is 2590. The van der Waals surface area contributed by atoms with Crippen molar-refractivity contribution in [2.75, 3.05) is 0 Å². The van der Waals surface area contributed by atoms with Crippen molar-refractivity contribution in [1.82, 2.24) is 9.97 Å². The van der Waals surface area contributed by atoms with E-state index in [1.54, 1.807) is 0 Å². The van der Waals surface area contributed by atoms with Crippen LogP contribution in [0, 0.1) is 0 Å². The Kier molecular flexibility index (Phi) is 7.14. The molecule has 0 N–H and O–H groups in total. The molecule has 0 aliphatic rings. The van der Waals surface area contributed by atoms with Crippen molar-refractivity contribution in [3.63, 3.8) is 0 Å². The van der Waals surface area contributed by atoms with Gasteiger partial charge in [-0.05, 0) is 75.8 Å². The maximum atomic E-state index is 6.29. The summed E-state index contributed by atoms with van der Waals surface area (Å²) in [6, 6.07) is 63.3. The zero-order valence-electron chi connectivity index (χ0n) is 26.6. The average Bonchev–Trinajstić information content (AvgIpc) is 3.58. The first-order chi connectivity index (χ1) is 24.3. The summed E-state index contributed by atoms with van der Waals surface area (Å²) in [6.45, 7) is 0. The van der Waals surface area contributed by atoms with E-state index in [0.717, 1.165) is 83.4 Å². The molecule has 3 heteroatoms. The maximum absolute atomic E-state index is 6.29. The van der Waals surface area contributed by atoms with Crippen LogP contribution in [0.2, 0.25) is 0 Å². The molecule has 0 radical (unpaired) electrons. The summed E-state index contributed by atoms with van der Waals surface area (Å²) >= 11 is 0. The first-order valence-electron chi connectivity index (χ1n) is 16.5. The van der Waals surface area contributed by atoms with Gasteiger partial charge in [0, 0.05) is 27.5 Å². The van der Waals surface area contributed by atoms with Gasteiger partial charge < -0.3 is 4.42 Å². The highest BCUT2D eigenvalue weighted by atomic mass is 16.3. The quantitative estimate of drug-likeness (QED) is 0.184. The Morgan fingerprint density at radius 1 is 0.327 bits per heavy atom. The fourth-order valence-electron chi connectivity index (χ4n) is 6.69. The molecule has 0 bridgehead atoms. The van der Waals surface area contributed by atoms with Gasteiger partial charge >= 0.3 is 0 Å². The molecule has 7 aromatic carbocycles. The predicted octanol–water partition coefficient (Wildman–Crippen LogP) is 12.4. The van der Waals surface area contributed by atoms with E-state index in [9.17, 15) is 0 Å². The summed E-state index contributed by atoms with van der Waals surface area (Å²) in [5.74, 6) is 0.684. The van der Waals surface area contributed by atoms with Crippen LogP contribution < -0.4 is 0 Å². The van der Waals surface area contributed by atoms with Gasteiger partial charge in [0.05, 0.1) is 11.4 Å². The summed E-state index contributed by atoms with van der Waals surface area (Å²) in [6.07, 6.45) is 0. The topological polar surface area (TPSA) is 38.9 Å². The molecule has 3 nitrogen and oxygen atoms in total. The van der Waals surface area contributed by atoms with Crippen molar-refractivity contribution in [3.8, 4) is 67.3 Å². The summed E-state index contributed by atoms with van der Waals surface area (Å²) in [5, 5.41) is 2.22. The lowest BCUT2D eigenvalue weighted by Crippen LogP contribution is -1.97. The number of furan rings is 1. The lowest BCUT2D eigenvalue weighted by Gasteiger charge is -2.14. The van der Waals surface area contributed by atoms with Crippen LogP contribution in [0.4, 0.5) is 0 Å². The minimum absolute atomic E-state index is 0.684. The van der Waals surface area contributed by atoms with Crippen molar-refractivity contribution in [1.29, 1.82) is 0 Å². The van der Waals surface area contributed by atoms with E-state index in [4.69, 9.17) is 14.4 Å². The number of rotatable bonds is 6. The van der Waals surface area contributed by atoms with Crippen molar-refractivity contribution < 1.29 is 4.42 Å². The predicted molar refractivity (Wildman–Crippen MR) is 202 cm³/mol. The number of fused-ring (bicyclic) bond motifs is 3. The number of nitrogens with zero attached hydrogens (tertiary/aromatic N) is 2. The van der Waals surface area contributed by atoms with Crippen LogP contribution in [0.5, 0.6) is 0 Å².